The number of primary sulfonamides is 1. The molecule has 0 fully saturated rings. The van der Waals surface area contributed by atoms with E-state index in [0.717, 1.165) is 23.4 Å². The SMILES string of the molecule is CCOCn1ccc(C2CC(C)=NN2c2ccc(S(N)(=O)=O)cc2)c1. The third-order valence-corrected chi connectivity index (χ3v) is 5.02. The van der Waals surface area contributed by atoms with Crippen molar-refractivity contribution in [3.63, 3.8) is 0 Å². The monoisotopic (exact) mass is 362 g/mol. The highest BCUT2D eigenvalue weighted by Gasteiger charge is 2.28. The Morgan fingerprint density at radius 3 is 2.64 bits per heavy atom. The first kappa shape index (κ1) is 17.7. The van der Waals surface area contributed by atoms with Crippen LogP contribution in [0.15, 0.2) is 52.7 Å². The zero-order valence-electron chi connectivity index (χ0n) is 14.3. The van der Waals surface area contributed by atoms with Gasteiger partial charge in [0.1, 0.15) is 6.73 Å². The summed E-state index contributed by atoms with van der Waals surface area (Å²) in [5.74, 6) is 0. The fourth-order valence-corrected chi connectivity index (χ4v) is 3.39. The van der Waals surface area contributed by atoms with Crippen LogP contribution in [-0.4, -0.2) is 25.3 Å². The molecule has 0 amide bonds. The Balaban J connectivity index is 1.85. The third kappa shape index (κ3) is 3.92. The molecule has 0 saturated heterocycles. The predicted molar refractivity (Wildman–Crippen MR) is 96.8 cm³/mol. The first-order chi connectivity index (χ1) is 11.9. The standard InChI is InChI=1S/C17H22N4O3S/c1-3-24-12-20-9-8-14(11-20)17-10-13(2)19-21(17)15-4-6-16(7-5-15)25(18,22)23/h4-9,11,17H,3,10,12H2,1-2H3,(H2,18,22,23). The highest BCUT2D eigenvalue weighted by atomic mass is 32.2. The van der Waals surface area contributed by atoms with Crippen LogP contribution in [0.3, 0.4) is 0 Å². The van der Waals surface area contributed by atoms with Crippen LogP contribution < -0.4 is 10.1 Å². The lowest BCUT2D eigenvalue weighted by molar-refractivity contribution is 0.0880. The van der Waals surface area contributed by atoms with Crippen LogP contribution in [0.2, 0.25) is 0 Å². The number of nitrogens with two attached hydrogens (primary N) is 1. The Kier molecular flexibility index (Phi) is 4.94. The average molecular weight is 362 g/mol. The van der Waals surface area contributed by atoms with E-state index in [1.54, 1.807) is 12.1 Å². The molecule has 0 saturated carbocycles. The molecule has 0 radical (unpaired) electrons. The van der Waals surface area contributed by atoms with E-state index in [1.807, 2.05) is 29.6 Å². The average Bonchev–Trinajstić information content (AvgIpc) is 3.18. The largest absolute Gasteiger partial charge is 0.361 e. The third-order valence-electron chi connectivity index (χ3n) is 4.09. The van der Waals surface area contributed by atoms with Crippen molar-refractivity contribution < 1.29 is 13.2 Å². The van der Waals surface area contributed by atoms with E-state index in [4.69, 9.17) is 9.88 Å². The summed E-state index contributed by atoms with van der Waals surface area (Å²) in [5.41, 5.74) is 2.99. The lowest BCUT2D eigenvalue weighted by Crippen LogP contribution is -2.18. The van der Waals surface area contributed by atoms with Crippen molar-refractivity contribution in [3.05, 3.63) is 48.3 Å². The number of ether oxygens (including phenoxy) is 1. The van der Waals surface area contributed by atoms with Crippen molar-refractivity contribution in [2.45, 2.75) is 37.9 Å². The molecular formula is C17H22N4O3S. The van der Waals surface area contributed by atoms with E-state index in [9.17, 15) is 8.42 Å². The van der Waals surface area contributed by atoms with Gasteiger partial charge in [-0.25, -0.2) is 13.6 Å². The smallest absolute Gasteiger partial charge is 0.238 e. The van der Waals surface area contributed by atoms with Crippen molar-refractivity contribution in [1.82, 2.24) is 4.57 Å². The number of benzene rings is 1. The molecule has 2 N–H and O–H groups in total. The van der Waals surface area contributed by atoms with E-state index in [2.05, 4.69) is 17.4 Å². The minimum atomic E-state index is -3.70. The maximum atomic E-state index is 11.4. The maximum Gasteiger partial charge on any atom is 0.238 e. The van der Waals surface area contributed by atoms with Crippen LogP contribution in [0.5, 0.6) is 0 Å². The molecule has 1 aliphatic heterocycles. The van der Waals surface area contributed by atoms with E-state index in [-0.39, 0.29) is 10.9 Å². The highest BCUT2D eigenvalue weighted by Crippen LogP contribution is 2.35. The van der Waals surface area contributed by atoms with Gasteiger partial charge in [0, 0.05) is 31.1 Å². The minimum absolute atomic E-state index is 0.0724. The quantitative estimate of drug-likeness (QED) is 0.855. The van der Waals surface area contributed by atoms with Gasteiger partial charge in [-0.3, -0.25) is 5.01 Å². The fraction of sp³-hybridized carbons (Fsp3) is 0.353. The summed E-state index contributed by atoms with van der Waals surface area (Å²) in [6.07, 6.45) is 4.86. The van der Waals surface area contributed by atoms with E-state index in [0.29, 0.717) is 13.3 Å². The molecule has 1 aromatic carbocycles. The first-order valence-corrected chi connectivity index (χ1v) is 9.62. The van der Waals surface area contributed by atoms with Gasteiger partial charge in [-0.15, -0.1) is 0 Å². The molecule has 8 heteroatoms. The van der Waals surface area contributed by atoms with Crippen LogP contribution in [0.4, 0.5) is 5.69 Å². The number of rotatable bonds is 6. The van der Waals surface area contributed by atoms with Gasteiger partial charge in [0.05, 0.1) is 16.6 Å². The second kappa shape index (κ2) is 6.99. The van der Waals surface area contributed by atoms with Gasteiger partial charge in [0.2, 0.25) is 10.0 Å². The summed E-state index contributed by atoms with van der Waals surface area (Å²) in [6, 6.07) is 8.60. The van der Waals surface area contributed by atoms with Crippen molar-refractivity contribution in [3.8, 4) is 0 Å². The van der Waals surface area contributed by atoms with Gasteiger partial charge >= 0.3 is 0 Å². The molecule has 2 heterocycles. The van der Waals surface area contributed by atoms with Gasteiger partial charge in [0.15, 0.2) is 0 Å². The van der Waals surface area contributed by atoms with Crippen molar-refractivity contribution in [2.24, 2.45) is 10.2 Å². The number of hydrogen-bond donors (Lipinski definition) is 1. The van der Waals surface area contributed by atoms with Crippen LogP contribution in [-0.2, 0) is 21.5 Å². The summed E-state index contributed by atoms with van der Waals surface area (Å²) in [4.78, 5) is 0.0931. The van der Waals surface area contributed by atoms with Crippen LogP contribution in [0.25, 0.3) is 0 Å². The molecule has 2 aromatic rings. The zero-order valence-corrected chi connectivity index (χ0v) is 15.1. The number of hydrazone groups is 1. The molecule has 134 valence electrons. The Morgan fingerprint density at radius 2 is 2.00 bits per heavy atom. The molecule has 1 aromatic heterocycles. The van der Waals surface area contributed by atoms with Gasteiger partial charge in [-0.05, 0) is 49.7 Å². The summed E-state index contributed by atoms with van der Waals surface area (Å²) in [5, 5.41) is 11.7. The Bertz CT molecular complexity index is 872. The highest BCUT2D eigenvalue weighted by molar-refractivity contribution is 7.89. The molecule has 3 rings (SSSR count). The number of aromatic nitrogens is 1. The lowest BCUT2D eigenvalue weighted by atomic mass is 10.1. The molecule has 0 spiro atoms. The first-order valence-electron chi connectivity index (χ1n) is 8.08. The van der Waals surface area contributed by atoms with Crippen molar-refractivity contribution in [2.75, 3.05) is 11.6 Å². The number of sulfonamides is 1. The Morgan fingerprint density at radius 1 is 1.28 bits per heavy atom. The molecule has 0 bridgehead atoms. The normalized spacial score (nSPS) is 17.8. The number of nitrogens with zero attached hydrogens (tertiary/aromatic N) is 3. The van der Waals surface area contributed by atoms with E-state index >= 15 is 0 Å². The minimum Gasteiger partial charge on any atom is -0.361 e. The van der Waals surface area contributed by atoms with Gasteiger partial charge in [0.25, 0.3) is 0 Å². The number of hydrogen-bond acceptors (Lipinski definition) is 5. The second-order valence-corrected chi connectivity index (χ2v) is 7.58. The summed E-state index contributed by atoms with van der Waals surface area (Å²) in [7, 11) is -3.70. The molecule has 1 unspecified atom stereocenters. The van der Waals surface area contributed by atoms with Crippen molar-refractivity contribution in [1.29, 1.82) is 0 Å². The maximum absolute atomic E-state index is 11.4. The molecule has 1 aliphatic rings. The molecule has 0 aliphatic carbocycles. The van der Waals surface area contributed by atoms with Crippen LogP contribution >= 0.6 is 0 Å². The fourth-order valence-electron chi connectivity index (χ4n) is 2.88. The van der Waals surface area contributed by atoms with Crippen LogP contribution in [0, 0.1) is 0 Å². The van der Waals surface area contributed by atoms with Gasteiger partial charge < -0.3 is 9.30 Å². The molecular weight excluding hydrogens is 340 g/mol. The summed E-state index contributed by atoms with van der Waals surface area (Å²) in [6.45, 7) is 5.14. The number of anilines is 1. The molecule has 1 atom stereocenters. The van der Waals surface area contributed by atoms with Crippen molar-refractivity contribution >= 4 is 21.4 Å². The second-order valence-electron chi connectivity index (χ2n) is 6.02. The topological polar surface area (TPSA) is 89.9 Å². The molecule has 25 heavy (non-hydrogen) atoms. The van der Waals surface area contributed by atoms with Gasteiger partial charge in [-0.2, -0.15) is 5.10 Å². The summed E-state index contributed by atoms with van der Waals surface area (Å²) >= 11 is 0. The predicted octanol–water partition coefficient (Wildman–Crippen LogP) is 2.46. The molecule has 7 nitrogen and oxygen atoms in total. The zero-order chi connectivity index (χ0) is 18.0. The van der Waals surface area contributed by atoms with E-state index in [1.165, 1.54) is 12.1 Å². The van der Waals surface area contributed by atoms with Crippen LogP contribution in [0.1, 0.15) is 31.9 Å². The Labute approximate surface area is 147 Å². The van der Waals surface area contributed by atoms with Gasteiger partial charge in [-0.1, -0.05) is 0 Å². The Hall–Kier alpha value is -2.16. The van der Waals surface area contributed by atoms with E-state index < -0.39 is 10.0 Å². The summed E-state index contributed by atoms with van der Waals surface area (Å²) < 4.78 is 30.2. The lowest BCUT2D eigenvalue weighted by Gasteiger charge is -2.23.